The largest absolute Gasteiger partial charge is 0.403 e. The van der Waals surface area contributed by atoms with Crippen LogP contribution in [0.5, 0.6) is 0 Å². The molecular formula is C16H28F3N3O. The van der Waals surface area contributed by atoms with E-state index in [4.69, 9.17) is 0 Å². The summed E-state index contributed by atoms with van der Waals surface area (Å²) in [6.07, 6.45) is -2.11. The van der Waals surface area contributed by atoms with Crippen molar-refractivity contribution in [2.24, 2.45) is 5.92 Å². The first-order chi connectivity index (χ1) is 10.7. The minimum atomic E-state index is -4.19. The third kappa shape index (κ3) is 4.59. The highest BCUT2D eigenvalue weighted by Crippen LogP contribution is 2.25. The van der Waals surface area contributed by atoms with Gasteiger partial charge in [-0.1, -0.05) is 6.92 Å². The first-order valence-electron chi connectivity index (χ1n) is 8.53. The zero-order chi connectivity index (χ0) is 17.2. The van der Waals surface area contributed by atoms with Crippen LogP contribution in [-0.2, 0) is 4.79 Å². The molecule has 0 bridgehead atoms. The van der Waals surface area contributed by atoms with Gasteiger partial charge in [-0.3, -0.25) is 14.6 Å². The van der Waals surface area contributed by atoms with Gasteiger partial charge in [0.25, 0.3) is 0 Å². The Morgan fingerprint density at radius 2 is 1.43 bits per heavy atom. The number of hydrogen-bond acceptors (Lipinski definition) is 3. The molecule has 134 valence electrons. The Kier molecular flexibility index (Phi) is 5.94. The fraction of sp³-hybridized carbons (Fsp3) is 0.938. The van der Waals surface area contributed by atoms with Crippen LogP contribution in [0.4, 0.5) is 13.2 Å². The van der Waals surface area contributed by atoms with Gasteiger partial charge in [0.05, 0.1) is 6.04 Å². The lowest BCUT2D eigenvalue weighted by Gasteiger charge is -2.42. The molecule has 0 N–H and O–H groups in total. The van der Waals surface area contributed by atoms with Gasteiger partial charge < -0.3 is 4.90 Å². The maximum atomic E-state index is 12.8. The highest BCUT2D eigenvalue weighted by atomic mass is 19.4. The van der Waals surface area contributed by atoms with Gasteiger partial charge >= 0.3 is 6.18 Å². The maximum Gasteiger partial charge on any atom is 0.403 e. The first kappa shape index (κ1) is 18.5. The molecule has 2 saturated heterocycles. The van der Waals surface area contributed by atoms with Crippen molar-refractivity contribution in [1.29, 1.82) is 0 Å². The molecule has 2 unspecified atom stereocenters. The van der Waals surface area contributed by atoms with E-state index < -0.39 is 12.2 Å². The minimum Gasteiger partial charge on any atom is -0.341 e. The predicted octanol–water partition coefficient (Wildman–Crippen LogP) is 2.20. The van der Waals surface area contributed by atoms with Crippen LogP contribution >= 0.6 is 0 Å². The van der Waals surface area contributed by atoms with Gasteiger partial charge in [0, 0.05) is 39.3 Å². The Bertz CT molecular complexity index is 400. The Morgan fingerprint density at radius 3 is 1.91 bits per heavy atom. The Labute approximate surface area is 136 Å². The van der Waals surface area contributed by atoms with E-state index in [2.05, 4.69) is 6.92 Å². The second kappa shape index (κ2) is 7.38. The molecule has 2 heterocycles. The van der Waals surface area contributed by atoms with Crippen LogP contribution in [0.15, 0.2) is 0 Å². The summed E-state index contributed by atoms with van der Waals surface area (Å²) in [6.45, 7) is 8.62. The van der Waals surface area contributed by atoms with Crippen LogP contribution in [0.2, 0.25) is 0 Å². The number of nitrogens with zero attached hydrogens (tertiary/aromatic N) is 3. The van der Waals surface area contributed by atoms with Crippen molar-refractivity contribution in [2.75, 3.05) is 39.3 Å². The molecule has 7 heteroatoms. The van der Waals surface area contributed by atoms with Gasteiger partial charge in [-0.25, -0.2) is 0 Å². The summed E-state index contributed by atoms with van der Waals surface area (Å²) in [7, 11) is 0. The molecule has 2 aliphatic heterocycles. The highest BCUT2D eigenvalue weighted by Gasteiger charge is 2.41. The van der Waals surface area contributed by atoms with E-state index in [1.165, 1.54) is 11.8 Å². The molecule has 0 saturated carbocycles. The number of carbonyl (C=O) groups excluding carboxylic acids is 1. The molecule has 2 fully saturated rings. The van der Waals surface area contributed by atoms with Crippen molar-refractivity contribution in [2.45, 2.75) is 51.9 Å². The Morgan fingerprint density at radius 1 is 0.957 bits per heavy atom. The van der Waals surface area contributed by atoms with Crippen LogP contribution in [-0.4, -0.2) is 78.1 Å². The van der Waals surface area contributed by atoms with Crippen LogP contribution in [0.3, 0.4) is 0 Å². The molecule has 1 amide bonds. The number of piperazine rings is 1. The number of halogens is 3. The topological polar surface area (TPSA) is 26.8 Å². The minimum absolute atomic E-state index is 0.120. The predicted molar refractivity (Wildman–Crippen MR) is 83.1 cm³/mol. The van der Waals surface area contributed by atoms with Gasteiger partial charge in [-0.15, -0.1) is 0 Å². The normalized spacial score (nSPS) is 25.4. The molecule has 23 heavy (non-hydrogen) atoms. The van der Waals surface area contributed by atoms with Gasteiger partial charge in [-0.05, 0) is 32.6 Å². The van der Waals surface area contributed by atoms with E-state index in [-0.39, 0.29) is 11.9 Å². The number of alkyl halides is 3. The monoisotopic (exact) mass is 335 g/mol. The van der Waals surface area contributed by atoms with E-state index >= 15 is 0 Å². The average Bonchev–Trinajstić information content (AvgIpc) is 2.53. The van der Waals surface area contributed by atoms with E-state index in [0.29, 0.717) is 32.1 Å². The number of likely N-dealkylation sites (tertiary alicyclic amines) is 1. The fourth-order valence-corrected chi connectivity index (χ4v) is 3.37. The molecule has 0 spiro atoms. The SMILES string of the molecule is CC1CCN(C(=O)C(C)N2CCN(C(C)C(F)(F)F)CC2)CC1. The summed E-state index contributed by atoms with van der Waals surface area (Å²) in [5.74, 6) is 0.788. The van der Waals surface area contributed by atoms with Crippen molar-refractivity contribution in [3.63, 3.8) is 0 Å². The number of rotatable bonds is 3. The number of amides is 1. The molecule has 2 aliphatic rings. The van der Waals surface area contributed by atoms with E-state index in [1.54, 1.807) is 0 Å². The number of hydrogen-bond donors (Lipinski definition) is 0. The molecule has 0 aromatic rings. The summed E-state index contributed by atoms with van der Waals surface area (Å²) in [6, 6.07) is -1.66. The molecule has 2 rings (SSSR count). The quantitative estimate of drug-likeness (QED) is 0.791. The molecule has 0 radical (unpaired) electrons. The summed E-state index contributed by atoms with van der Waals surface area (Å²) < 4.78 is 38.3. The van der Waals surface area contributed by atoms with Crippen LogP contribution < -0.4 is 0 Å². The second-order valence-electron chi connectivity index (χ2n) is 6.97. The lowest BCUT2D eigenvalue weighted by molar-refractivity contribution is -0.183. The Hall–Kier alpha value is -0.820. The van der Waals surface area contributed by atoms with Crippen molar-refractivity contribution in [3.05, 3.63) is 0 Å². The zero-order valence-electron chi connectivity index (χ0n) is 14.3. The molecule has 0 aromatic heterocycles. The fourth-order valence-electron chi connectivity index (χ4n) is 3.37. The van der Waals surface area contributed by atoms with Crippen molar-refractivity contribution in [3.8, 4) is 0 Å². The van der Waals surface area contributed by atoms with Crippen LogP contribution in [0.1, 0.15) is 33.6 Å². The second-order valence-corrected chi connectivity index (χ2v) is 6.97. The average molecular weight is 335 g/mol. The summed E-state index contributed by atoms with van der Waals surface area (Å²) in [5, 5.41) is 0. The van der Waals surface area contributed by atoms with E-state index in [9.17, 15) is 18.0 Å². The van der Waals surface area contributed by atoms with Crippen molar-refractivity contribution >= 4 is 5.91 Å². The third-order valence-electron chi connectivity index (χ3n) is 5.37. The molecule has 0 aliphatic carbocycles. The van der Waals surface area contributed by atoms with Gasteiger partial charge in [-0.2, -0.15) is 13.2 Å². The molecule has 2 atom stereocenters. The number of piperidine rings is 1. The highest BCUT2D eigenvalue weighted by molar-refractivity contribution is 5.81. The van der Waals surface area contributed by atoms with Gasteiger partial charge in [0.1, 0.15) is 6.04 Å². The smallest absolute Gasteiger partial charge is 0.341 e. The van der Waals surface area contributed by atoms with Crippen molar-refractivity contribution in [1.82, 2.24) is 14.7 Å². The summed E-state index contributed by atoms with van der Waals surface area (Å²) in [4.78, 5) is 17.9. The summed E-state index contributed by atoms with van der Waals surface area (Å²) >= 11 is 0. The molecule has 0 aromatic carbocycles. The first-order valence-corrected chi connectivity index (χ1v) is 8.53. The van der Waals surface area contributed by atoms with Crippen LogP contribution in [0.25, 0.3) is 0 Å². The van der Waals surface area contributed by atoms with E-state index in [1.807, 2.05) is 16.7 Å². The van der Waals surface area contributed by atoms with Crippen LogP contribution in [0, 0.1) is 5.92 Å². The molecular weight excluding hydrogens is 307 g/mol. The maximum absolute atomic E-state index is 12.8. The lowest BCUT2D eigenvalue weighted by Crippen LogP contribution is -2.58. The summed E-state index contributed by atoms with van der Waals surface area (Å²) in [5.41, 5.74) is 0. The Balaban J connectivity index is 1.83. The van der Waals surface area contributed by atoms with Crippen molar-refractivity contribution < 1.29 is 18.0 Å². The third-order valence-corrected chi connectivity index (χ3v) is 5.37. The lowest BCUT2D eigenvalue weighted by atomic mass is 9.98. The van der Waals surface area contributed by atoms with Gasteiger partial charge in [0.15, 0.2) is 0 Å². The standard InChI is InChI=1S/C16H28F3N3O/c1-12-4-6-22(7-5-12)15(23)13(2)20-8-10-21(11-9-20)14(3)16(17,18)19/h12-14H,4-11H2,1-3H3. The van der Waals surface area contributed by atoms with Gasteiger partial charge in [0.2, 0.25) is 5.91 Å². The van der Waals surface area contributed by atoms with E-state index in [0.717, 1.165) is 25.9 Å². The zero-order valence-corrected chi connectivity index (χ0v) is 14.3. The number of carbonyl (C=O) groups is 1. The molecule has 4 nitrogen and oxygen atoms in total.